The van der Waals surface area contributed by atoms with Gasteiger partial charge in [-0.05, 0) is 12.8 Å². The lowest BCUT2D eigenvalue weighted by Crippen LogP contribution is -3.00. The van der Waals surface area contributed by atoms with Crippen molar-refractivity contribution in [2.45, 2.75) is 64.2 Å². The number of unbranched alkanes of at least 4 members (excludes halogenated alkanes) is 9. The van der Waals surface area contributed by atoms with E-state index < -0.39 is 0 Å². The van der Waals surface area contributed by atoms with Crippen LogP contribution in [0, 0.1) is 0 Å². The molecule has 0 bridgehead atoms. The zero-order valence-electron chi connectivity index (χ0n) is 16.8. The molecule has 2 aliphatic heterocycles. The maximum absolute atomic E-state index is 2.41. The number of nitrogens with zero attached hydrogens (tertiary/aromatic N) is 4. The van der Waals surface area contributed by atoms with Crippen LogP contribution in [0.15, 0.2) is 24.8 Å². The molecule has 0 unspecified atom stereocenters. The van der Waals surface area contributed by atoms with E-state index in [2.05, 4.69) is 58.5 Å². The van der Waals surface area contributed by atoms with Gasteiger partial charge in [0.25, 0.3) is 0 Å². The summed E-state index contributed by atoms with van der Waals surface area (Å²) in [4.78, 5) is 9.30. The summed E-state index contributed by atoms with van der Waals surface area (Å²) in [7, 11) is 4.27. The summed E-state index contributed by atoms with van der Waals surface area (Å²) in [5.74, 6) is 0. The highest BCUT2D eigenvalue weighted by atomic mass is 127. The maximum Gasteiger partial charge on any atom is 0.0890 e. The maximum atomic E-state index is 2.41. The molecule has 0 aliphatic carbocycles. The van der Waals surface area contributed by atoms with Crippen molar-refractivity contribution in [2.24, 2.45) is 0 Å². The van der Waals surface area contributed by atoms with Gasteiger partial charge in [-0.15, -0.1) is 0 Å². The molecule has 2 rings (SSSR count). The van der Waals surface area contributed by atoms with E-state index in [0.29, 0.717) is 0 Å². The highest BCUT2D eigenvalue weighted by molar-refractivity contribution is 4.88. The highest BCUT2D eigenvalue weighted by Crippen LogP contribution is 2.13. The van der Waals surface area contributed by atoms with Crippen LogP contribution in [-0.2, 0) is 0 Å². The van der Waals surface area contributed by atoms with Gasteiger partial charge in [-0.3, -0.25) is 0 Å². The summed E-state index contributed by atoms with van der Waals surface area (Å²) in [6.45, 7) is 4.60. The van der Waals surface area contributed by atoms with Gasteiger partial charge >= 0.3 is 0 Å². The zero-order valence-corrected chi connectivity index (χ0v) is 21.1. The van der Waals surface area contributed by atoms with Gasteiger partial charge < -0.3 is 67.6 Å². The first kappa shape index (κ1) is 26.1. The minimum Gasteiger partial charge on any atom is -1.00 e. The van der Waals surface area contributed by atoms with Crippen LogP contribution in [0.5, 0.6) is 0 Å². The largest absolute Gasteiger partial charge is 1.00 e. The second-order valence-corrected chi connectivity index (χ2v) is 7.55. The summed E-state index contributed by atoms with van der Waals surface area (Å²) >= 11 is 0. The molecule has 26 heavy (non-hydrogen) atoms. The lowest BCUT2D eigenvalue weighted by molar-refractivity contribution is -0.00100. The molecule has 0 aromatic carbocycles. The van der Waals surface area contributed by atoms with Crippen LogP contribution in [0.2, 0.25) is 0 Å². The molecule has 154 valence electrons. The van der Waals surface area contributed by atoms with Gasteiger partial charge in [-0.1, -0.05) is 51.4 Å². The Morgan fingerprint density at radius 2 is 0.808 bits per heavy atom. The van der Waals surface area contributed by atoms with E-state index in [4.69, 9.17) is 0 Å². The molecule has 0 saturated heterocycles. The number of hydrogen-bond donors (Lipinski definition) is 0. The van der Waals surface area contributed by atoms with Gasteiger partial charge in [0.15, 0.2) is 0 Å². The molecular formula is C20H38I2N4-2. The molecule has 0 radical (unpaired) electrons. The van der Waals surface area contributed by atoms with E-state index in [1.165, 1.54) is 77.3 Å². The second kappa shape index (κ2) is 16.1. The second-order valence-electron chi connectivity index (χ2n) is 7.55. The fourth-order valence-corrected chi connectivity index (χ4v) is 3.51. The lowest BCUT2D eigenvalue weighted by Gasteiger charge is -2.17. The standard InChI is InChI=1S/C20H38N4.2HI/c1-21-15-17-23(19-21)13-11-9-7-5-3-4-6-8-10-12-14-24-18-16-22(2)20-24;;/h15-18H,3-14,19-20H2,1-2H3;2*1H/p-2. The first-order chi connectivity index (χ1) is 11.7. The average molecular weight is 588 g/mol. The van der Waals surface area contributed by atoms with Crippen LogP contribution < -0.4 is 48.0 Å². The Kier molecular flexibility index (Phi) is 16.2. The van der Waals surface area contributed by atoms with E-state index in [1.807, 2.05) is 0 Å². The third-order valence-electron chi connectivity index (χ3n) is 5.01. The summed E-state index contributed by atoms with van der Waals surface area (Å²) in [5.41, 5.74) is 0. The fraction of sp³-hybridized carbons (Fsp3) is 0.800. The average Bonchev–Trinajstić information content (AvgIpc) is 3.17. The van der Waals surface area contributed by atoms with E-state index in [9.17, 15) is 0 Å². The number of rotatable bonds is 13. The van der Waals surface area contributed by atoms with Gasteiger partial charge in [-0.25, -0.2) is 0 Å². The molecule has 0 aromatic heterocycles. The Bertz CT molecular complexity index is 354. The molecular weight excluding hydrogens is 550 g/mol. The van der Waals surface area contributed by atoms with E-state index in [1.54, 1.807) is 0 Å². The number of halogens is 2. The summed E-state index contributed by atoms with van der Waals surface area (Å²) in [6, 6.07) is 0. The Balaban J connectivity index is 0.00000312. The smallest absolute Gasteiger partial charge is 0.0890 e. The lowest BCUT2D eigenvalue weighted by atomic mass is 10.1. The van der Waals surface area contributed by atoms with Crippen molar-refractivity contribution in [2.75, 3.05) is 40.5 Å². The van der Waals surface area contributed by atoms with Gasteiger partial charge in [0.2, 0.25) is 0 Å². The molecule has 0 fully saturated rings. The van der Waals surface area contributed by atoms with Crippen LogP contribution in [0.3, 0.4) is 0 Å². The first-order valence-corrected chi connectivity index (χ1v) is 9.99. The van der Waals surface area contributed by atoms with Crippen LogP contribution in [-0.4, -0.2) is 60.1 Å². The first-order valence-electron chi connectivity index (χ1n) is 9.99. The predicted octanol–water partition coefficient (Wildman–Crippen LogP) is -1.75. The predicted molar refractivity (Wildman–Crippen MR) is 103 cm³/mol. The molecule has 6 heteroatoms. The summed E-state index contributed by atoms with van der Waals surface area (Å²) < 4.78 is 0. The monoisotopic (exact) mass is 588 g/mol. The van der Waals surface area contributed by atoms with Crippen LogP contribution in [0.4, 0.5) is 0 Å². The highest BCUT2D eigenvalue weighted by Gasteiger charge is 2.07. The third kappa shape index (κ3) is 11.8. The summed E-state index contributed by atoms with van der Waals surface area (Å²) in [5, 5.41) is 0. The minimum absolute atomic E-state index is 0. The van der Waals surface area contributed by atoms with Crippen LogP contribution in [0.25, 0.3) is 0 Å². The zero-order chi connectivity index (χ0) is 17.0. The molecule has 0 atom stereocenters. The molecule has 0 saturated carbocycles. The molecule has 0 aromatic rings. The Hall–Kier alpha value is 0.140. The van der Waals surface area contributed by atoms with Crippen molar-refractivity contribution in [1.82, 2.24) is 19.6 Å². The van der Waals surface area contributed by atoms with E-state index in [-0.39, 0.29) is 48.0 Å². The molecule has 0 spiro atoms. The third-order valence-corrected chi connectivity index (χ3v) is 5.01. The van der Waals surface area contributed by atoms with Crippen molar-refractivity contribution < 1.29 is 48.0 Å². The van der Waals surface area contributed by atoms with Gasteiger partial charge in [0.1, 0.15) is 0 Å². The molecule has 2 heterocycles. The van der Waals surface area contributed by atoms with E-state index in [0.717, 1.165) is 13.3 Å². The van der Waals surface area contributed by atoms with Crippen LogP contribution in [0.1, 0.15) is 64.2 Å². The molecule has 0 amide bonds. The quantitative estimate of drug-likeness (QED) is 0.187. The van der Waals surface area contributed by atoms with Crippen molar-refractivity contribution in [3.63, 3.8) is 0 Å². The molecule has 4 nitrogen and oxygen atoms in total. The summed E-state index contributed by atoms with van der Waals surface area (Å²) in [6.07, 6.45) is 22.8. The Labute approximate surface area is 196 Å². The van der Waals surface area contributed by atoms with Gasteiger partial charge in [-0.2, -0.15) is 0 Å². The van der Waals surface area contributed by atoms with Crippen molar-refractivity contribution in [1.29, 1.82) is 0 Å². The van der Waals surface area contributed by atoms with E-state index >= 15 is 0 Å². The number of hydrogen-bond acceptors (Lipinski definition) is 4. The normalized spacial score (nSPS) is 15.6. The van der Waals surface area contributed by atoms with Crippen molar-refractivity contribution in [3.05, 3.63) is 24.8 Å². The fourth-order valence-electron chi connectivity index (χ4n) is 3.51. The SMILES string of the molecule is CN1C=CN(CCCCCCCCCCCCN2C=CN(C)C2)C1.[I-].[I-]. The van der Waals surface area contributed by atoms with Crippen molar-refractivity contribution >= 4 is 0 Å². The van der Waals surface area contributed by atoms with Crippen LogP contribution >= 0.6 is 0 Å². The van der Waals surface area contributed by atoms with Gasteiger partial charge in [0, 0.05) is 52.0 Å². The Morgan fingerprint density at radius 1 is 0.500 bits per heavy atom. The molecule has 0 N–H and O–H groups in total. The van der Waals surface area contributed by atoms with Gasteiger partial charge in [0.05, 0.1) is 13.3 Å². The van der Waals surface area contributed by atoms with Crippen molar-refractivity contribution in [3.8, 4) is 0 Å². The topological polar surface area (TPSA) is 13.0 Å². The molecule has 2 aliphatic rings. The minimum atomic E-state index is 0. The Morgan fingerprint density at radius 3 is 1.08 bits per heavy atom.